The number of anilines is 2. The van der Waals surface area contributed by atoms with E-state index in [0.717, 1.165) is 16.9 Å². The molecule has 13 heteroatoms. The van der Waals surface area contributed by atoms with Gasteiger partial charge in [0.15, 0.2) is 0 Å². The van der Waals surface area contributed by atoms with Crippen LogP contribution in [-0.4, -0.2) is 43.4 Å². The van der Waals surface area contributed by atoms with E-state index in [1.54, 1.807) is 48.5 Å². The van der Waals surface area contributed by atoms with Crippen molar-refractivity contribution >= 4 is 54.5 Å². The van der Waals surface area contributed by atoms with Crippen molar-refractivity contribution in [1.29, 1.82) is 0 Å². The van der Waals surface area contributed by atoms with Crippen LogP contribution in [0.1, 0.15) is 21.7 Å². The Morgan fingerprint density at radius 3 is 2.73 bits per heavy atom. The van der Waals surface area contributed by atoms with E-state index < -0.39 is 39.7 Å². The number of benzene rings is 2. The van der Waals surface area contributed by atoms with E-state index in [9.17, 15) is 23.3 Å². The molecule has 4 aromatic rings. The Hall–Kier alpha value is -4.33. The van der Waals surface area contributed by atoms with E-state index in [1.165, 1.54) is 23.7 Å². The van der Waals surface area contributed by atoms with Crippen LogP contribution in [0.3, 0.4) is 0 Å². The third-order valence-corrected chi connectivity index (χ3v) is 9.17. The number of nitrogens with one attached hydrogen (secondary N) is 2. The second kappa shape index (κ2) is 11.6. The van der Waals surface area contributed by atoms with Gasteiger partial charge in [0.1, 0.15) is 17.3 Å². The smallest absolute Gasteiger partial charge is 0.303 e. The van der Waals surface area contributed by atoms with Crippen LogP contribution in [0, 0.1) is 18.7 Å². The number of ether oxygens (including phenoxy) is 1. The first-order valence-corrected chi connectivity index (χ1v) is 15.0. The van der Waals surface area contributed by atoms with E-state index in [0.29, 0.717) is 27.4 Å². The van der Waals surface area contributed by atoms with Gasteiger partial charge >= 0.3 is 5.97 Å². The summed E-state index contributed by atoms with van der Waals surface area (Å²) in [6, 6.07) is 14.5. The summed E-state index contributed by atoms with van der Waals surface area (Å²) >= 11 is 1.10. The molecule has 0 bridgehead atoms. The number of hydrogen-bond donors (Lipinski definition) is 4. The zero-order valence-electron chi connectivity index (χ0n) is 21.6. The lowest BCUT2D eigenvalue weighted by Crippen LogP contribution is -2.28. The van der Waals surface area contributed by atoms with Crippen molar-refractivity contribution in [3.05, 3.63) is 88.5 Å². The van der Waals surface area contributed by atoms with E-state index in [-0.39, 0.29) is 22.7 Å². The van der Waals surface area contributed by atoms with Gasteiger partial charge in [0, 0.05) is 35.0 Å². The van der Waals surface area contributed by atoms with E-state index >= 15 is 0 Å². The number of pyridine rings is 1. The fraction of sp³-hybridized carbons (Fsp3) is 0.179. The SMILES string of the molecule is Cc1ccc(F)c(NC(O)Nc2ccc(Oc3ccnc4cc(C(=O)N=S5(=O)C=CC(CC(=O)O)C5)sc34)cc2)c1. The quantitative estimate of drug-likeness (QED) is 0.182. The maximum absolute atomic E-state index is 14.0. The van der Waals surface area contributed by atoms with E-state index in [4.69, 9.17) is 9.84 Å². The number of amides is 1. The minimum atomic E-state index is -2.99. The number of nitrogens with zero attached hydrogens (tertiary/aromatic N) is 2. The number of carbonyl (C=O) groups is 2. The van der Waals surface area contributed by atoms with Crippen molar-refractivity contribution in [1.82, 2.24) is 4.98 Å². The third kappa shape index (κ3) is 6.88. The standard InChI is InChI=1S/C28H25FN4O6S2/c1-16-2-7-20(29)21(12-16)32-28(37)31-18-3-5-19(6-4-18)39-23-8-10-30-22-14-24(40-26(22)23)27(36)33-41(38)11-9-17(15-41)13-25(34)35/h2-12,14,17,28,31-32,37H,13,15H2,1H3,(H,34,35). The van der Waals surface area contributed by atoms with Crippen molar-refractivity contribution in [2.45, 2.75) is 19.7 Å². The first-order chi connectivity index (χ1) is 19.6. The number of carboxylic acids is 1. The number of carbonyl (C=O) groups excluding carboxylic acids is 1. The molecule has 3 atom stereocenters. The summed E-state index contributed by atoms with van der Waals surface area (Å²) in [5.74, 6) is -1.68. The molecule has 5 rings (SSSR count). The molecule has 2 aromatic carbocycles. The topological polar surface area (TPSA) is 150 Å². The maximum Gasteiger partial charge on any atom is 0.303 e. The Bertz CT molecular complexity index is 1780. The summed E-state index contributed by atoms with van der Waals surface area (Å²) in [7, 11) is -2.99. The van der Waals surface area contributed by atoms with Crippen molar-refractivity contribution < 1.29 is 33.1 Å². The Morgan fingerprint density at radius 1 is 1.20 bits per heavy atom. The summed E-state index contributed by atoms with van der Waals surface area (Å²) in [4.78, 5) is 28.3. The Kier molecular flexibility index (Phi) is 8.01. The number of allylic oxidation sites excluding steroid dienone is 1. The van der Waals surface area contributed by atoms with E-state index in [2.05, 4.69) is 20.0 Å². The minimum absolute atomic E-state index is 0.0106. The van der Waals surface area contributed by atoms with Crippen LogP contribution in [0.4, 0.5) is 15.8 Å². The van der Waals surface area contributed by atoms with Crippen LogP contribution in [0.2, 0.25) is 0 Å². The van der Waals surface area contributed by atoms with Crippen LogP contribution < -0.4 is 15.4 Å². The van der Waals surface area contributed by atoms with Gasteiger partial charge in [0.05, 0.1) is 36.9 Å². The average Bonchev–Trinajstić information content (AvgIpc) is 3.51. The van der Waals surface area contributed by atoms with Gasteiger partial charge in [-0.2, -0.15) is 4.36 Å². The molecule has 1 amide bonds. The average molecular weight is 597 g/mol. The fourth-order valence-corrected chi connectivity index (χ4v) is 7.14. The number of rotatable bonds is 9. The summed E-state index contributed by atoms with van der Waals surface area (Å²) in [6.07, 6.45) is 1.65. The van der Waals surface area contributed by atoms with Gasteiger partial charge in [-0.15, -0.1) is 11.3 Å². The van der Waals surface area contributed by atoms with Gasteiger partial charge in [-0.05, 0) is 55.0 Å². The van der Waals surface area contributed by atoms with Gasteiger partial charge in [-0.25, -0.2) is 8.60 Å². The number of aromatic nitrogens is 1. The Balaban J connectivity index is 1.26. The molecule has 2 aromatic heterocycles. The molecule has 1 aliphatic heterocycles. The first kappa shape index (κ1) is 28.2. The number of halogens is 1. The number of aliphatic carboxylic acids is 1. The van der Waals surface area contributed by atoms with Crippen LogP contribution in [0.25, 0.3) is 10.2 Å². The van der Waals surface area contributed by atoms with Gasteiger partial charge in [0.2, 0.25) is 6.35 Å². The molecule has 41 heavy (non-hydrogen) atoms. The highest BCUT2D eigenvalue weighted by molar-refractivity contribution is 7.97. The van der Waals surface area contributed by atoms with Gasteiger partial charge < -0.3 is 25.6 Å². The molecule has 0 aliphatic carbocycles. The van der Waals surface area contributed by atoms with Gasteiger partial charge in [-0.1, -0.05) is 12.1 Å². The lowest BCUT2D eigenvalue weighted by atomic mass is 10.1. The minimum Gasteiger partial charge on any atom is -0.481 e. The predicted molar refractivity (Wildman–Crippen MR) is 155 cm³/mol. The normalized spacial score (nSPS) is 18.7. The highest BCUT2D eigenvalue weighted by Gasteiger charge is 2.25. The number of aliphatic hydroxyl groups excluding tert-OH is 1. The molecular weight excluding hydrogens is 571 g/mol. The van der Waals surface area contributed by atoms with Gasteiger partial charge in [0.25, 0.3) is 5.91 Å². The zero-order chi connectivity index (χ0) is 29.1. The monoisotopic (exact) mass is 596 g/mol. The maximum atomic E-state index is 14.0. The summed E-state index contributed by atoms with van der Waals surface area (Å²) < 4.78 is 37.4. The van der Waals surface area contributed by atoms with Crippen LogP contribution in [-0.2, 0) is 14.5 Å². The predicted octanol–water partition coefficient (Wildman–Crippen LogP) is 5.56. The first-order valence-electron chi connectivity index (χ1n) is 12.4. The fourth-order valence-electron chi connectivity index (χ4n) is 4.19. The molecule has 0 fully saturated rings. The lowest BCUT2D eigenvalue weighted by Gasteiger charge is -2.18. The molecule has 4 N–H and O–H groups in total. The molecule has 0 saturated heterocycles. The molecule has 3 unspecified atom stereocenters. The zero-order valence-corrected chi connectivity index (χ0v) is 23.2. The second-order valence-electron chi connectivity index (χ2n) is 9.37. The highest BCUT2D eigenvalue weighted by atomic mass is 32.2. The molecule has 10 nitrogen and oxygen atoms in total. The Morgan fingerprint density at radius 2 is 1.98 bits per heavy atom. The van der Waals surface area contributed by atoms with Crippen molar-refractivity contribution in [3.8, 4) is 11.5 Å². The lowest BCUT2D eigenvalue weighted by molar-refractivity contribution is -0.137. The van der Waals surface area contributed by atoms with Crippen LogP contribution in [0.5, 0.6) is 11.5 Å². The number of carboxylic acid groups (broad SMARTS) is 1. The van der Waals surface area contributed by atoms with Crippen molar-refractivity contribution in [2.75, 3.05) is 16.4 Å². The summed E-state index contributed by atoms with van der Waals surface area (Å²) in [5.41, 5.74) is 2.07. The molecular formula is C28H25FN4O6S2. The highest BCUT2D eigenvalue weighted by Crippen LogP contribution is 2.36. The largest absolute Gasteiger partial charge is 0.481 e. The van der Waals surface area contributed by atoms with Crippen LogP contribution in [0.15, 0.2) is 76.6 Å². The van der Waals surface area contributed by atoms with E-state index in [1.807, 2.05) is 6.92 Å². The van der Waals surface area contributed by atoms with Crippen molar-refractivity contribution in [3.63, 3.8) is 0 Å². The molecule has 212 valence electrons. The number of thiophene rings is 1. The third-order valence-electron chi connectivity index (χ3n) is 6.08. The number of hydrogen-bond acceptors (Lipinski definition) is 9. The molecule has 0 spiro atoms. The van der Waals surface area contributed by atoms with Crippen molar-refractivity contribution in [2.24, 2.45) is 10.3 Å². The number of aliphatic hydroxyl groups is 1. The molecule has 0 saturated carbocycles. The van der Waals surface area contributed by atoms with Gasteiger partial charge in [-0.3, -0.25) is 14.6 Å². The molecule has 3 heterocycles. The molecule has 1 aliphatic rings. The summed E-state index contributed by atoms with van der Waals surface area (Å²) in [5, 5.41) is 26.1. The summed E-state index contributed by atoms with van der Waals surface area (Å²) in [6.45, 7) is 1.82. The Labute approximate surface area is 238 Å². The van der Waals surface area contributed by atoms with Crippen LogP contribution >= 0.6 is 11.3 Å². The number of aryl methyl sites for hydroxylation is 1. The number of fused-ring (bicyclic) bond motifs is 1. The molecule has 0 radical (unpaired) electrons. The second-order valence-corrected chi connectivity index (χ2v) is 12.6.